The van der Waals surface area contributed by atoms with E-state index in [1.54, 1.807) is 6.07 Å². The van der Waals surface area contributed by atoms with E-state index in [1.807, 2.05) is 0 Å². The first-order chi connectivity index (χ1) is 15.2. The van der Waals surface area contributed by atoms with E-state index in [0.717, 1.165) is 0 Å². The van der Waals surface area contributed by atoms with Gasteiger partial charge in [-0.25, -0.2) is 0 Å². The van der Waals surface area contributed by atoms with Crippen LogP contribution in [-0.4, -0.2) is 51.6 Å². The molecule has 10 heteroatoms. The zero-order valence-corrected chi connectivity index (χ0v) is 18.6. The van der Waals surface area contributed by atoms with Crippen LogP contribution in [0.25, 0.3) is 0 Å². The number of nitrogens with one attached hydrogen (secondary N) is 1. The van der Waals surface area contributed by atoms with Gasteiger partial charge in [0, 0.05) is 31.0 Å². The first-order valence-electron chi connectivity index (χ1n) is 9.67. The van der Waals surface area contributed by atoms with Crippen molar-refractivity contribution in [1.82, 2.24) is 5.32 Å². The Morgan fingerprint density at radius 2 is 1.38 bits per heavy atom. The molecule has 32 heavy (non-hydrogen) atoms. The van der Waals surface area contributed by atoms with Crippen molar-refractivity contribution in [2.45, 2.75) is 19.8 Å². The number of nitro groups is 1. The molecule has 0 radical (unpaired) electrons. The van der Waals surface area contributed by atoms with Crippen LogP contribution >= 0.6 is 0 Å². The van der Waals surface area contributed by atoms with E-state index in [0.29, 0.717) is 35.6 Å². The number of ether oxygens (including phenoxy) is 4. The lowest BCUT2D eigenvalue weighted by Gasteiger charge is -2.15. The maximum absolute atomic E-state index is 13.3. The molecule has 2 aromatic carbocycles. The maximum atomic E-state index is 13.3. The van der Waals surface area contributed by atoms with Crippen molar-refractivity contribution >= 4 is 17.4 Å². The highest BCUT2D eigenvalue weighted by Gasteiger charge is 2.24. The molecule has 0 fully saturated rings. The zero-order valence-electron chi connectivity index (χ0n) is 18.6. The molecule has 0 unspecified atom stereocenters. The molecular formula is C22H26N2O8. The third-order valence-corrected chi connectivity index (χ3v) is 4.81. The second-order valence-electron chi connectivity index (χ2n) is 6.79. The third-order valence-electron chi connectivity index (χ3n) is 4.81. The summed E-state index contributed by atoms with van der Waals surface area (Å²) in [6.07, 6.45) is 0.105. The molecular weight excluding hydrogens is 420 g/mol. The van der Waals surface area contributed by atoms with Crippen LogP contribution in [-0.2, 0) is 17.6 Å². The topological polar surface area (TPSA) is 126 Å². The van der Waals surface area contributed by atoms with E-state index in [-0.39, 0.29) is 40.9 Å². The van der Waals surface area contributed by atoms with Gasteiger partial charge in [-0.15, -0.1) is 0 Å². The Kier molecular flexibility index (Phi) is 8.39. The molecule has 0 aromatic heterocycles. The van der Waals surface area contributed by atoms with Gasteiger partial charge in [-0.2, -0.15) is 0 Å². The van der Waals surface area contributed by atoms with E-state index >= 15 is 0 Å². The molecule has 0 aliphatic rings. The van der Waals surface area contributed by atoms with Crippen LogP contribution in [0.1, 0.15) is 28.4 Å². The Labute approximate surface area is 185 Å². The number of benzene rings is 2. The number of nitro benzene ring substituents is 1. The summed E-state index contributed by atoms with van der Waals surface area (Å²) >= 11 is 0. The van der Waals surface area contributed by atoms with Crippen molar-refractivity contribution in [3.05, 3.63) is 51.1 Å². The number of hydrogen-bond donors (Lipinski definition) is 1. The first kappa shape index (κ1) is 24.4. The fraction of sp³-hybridized carbons (Fsp3) is 0.364. The smallest absolute Gasteiger partial charge is 0.277 e. The van der Waals surface area contributed by atoms with Crippen molar-refractivity contribution in [2.24, 2.45) is 0 Å². The molecule has 172 valence electrons. The highest BCUT2D eigenvalue weighted by Crippen LogP contribution is 2.36. The van der Waals surface area contributed by atoms with Gasteiger partial charge in [-0.05, 0) is 30.2 Å². The number of rotatable bonds is 11. The molecule has 0 aliphatic heterocycles. The van der Waals surface area contributed by atoms with Crippen molar-refractivity contribution in [2.75, 3.05) is 35.0 Å². The number of carbonyl (C=O) groups is 2. The summed E-state index contributed by atoms with van der Waals surface area (Å²) < 4.78 is 21.0. The van der Waals surface area contributed by atoms with Crippen LogP contribution in [0.5, 0.6) is 23.0 Å². The number of carbonyl (C=O) groups excluding carboxylic acids is 2. The fourth-order valence-corrected chi connectivity index (χ4v) is 3.25. The molecule has 0 spiro atoms. The van der Waals surface area contributed by atoms with Crippen LogP contribution in [0.4, 0.5) is 5.69 Å². The van der Waals surface area contributed by atoms with Gasteiger partial charge in [-0.1, -0.05) is 0 Å². The van der Waals surface area contributed by atoms with Crippen LogP contribution < -0.4 is 24.3 Å². The minimum absolute atomic E-state index is 0.181. The predicted octanol–water partition coefficient (Wildman–Crippen LogP) is 2.73. The van der Waals surface area contributed by atoms with Crippen LogP contribution in [0, 0.1) is 10.1 Å². The average Bonchev–Trinajstić information content (AvgIpc) is 2.77. The minimum Gasteiger partial charge on any atom is -0.493 e. The summed E-state index contributed by atoms with van der Waals surface area (Å²) in [5.74, 6) is 0.690. The Balaban J connectivity index is 2.49. The van der Waals surface area contributed by atoms with Gasteiger partial charge in [0.1, 0.15) is 0 Å². The SMILES string of the molecule is COc1cc(CCNC(C)=O)c(C(=O)Cc2cc(OC)c(OC)cc2[N+](=O)[O-])cc1OC. The Morgan fingerprint density at radius 3 is 1.88 bits per heavy atom. The van der Waals surface area contributed by atoms with Crippen LogP contribution in [0.3, 0.4) is 0 Å². The summed E-state index contributed by atoms with van der Waals surface area (Å²) in [5, 5.41) is 14.3. The van der Waals surface area contributed by atoms with Gasteiger partial charge in [0.2, 0.25) is 5.91 Å². The highest BCUT2D eigenvalue weighted by atomic mass is 16.6. The molecule has 0 aliphatic carbocycles. The molecule has 1 amide bonds. The second kappa shape index (κ2) is 11.0. The maximum Gasteiger partial charge on any atom is 0.277 e. The van der Waals surface area contributed by atoms with Gasteiger partial charge in [0.15, 0.2) is 28.8 Å². The largest absolute Gasteiger partial charge is 0.493 e. The first-order valence-corrected chi connectivity index (χ1v) is 9.67. The zero-order chi connectivity index (χ0) is 23.8. The Hall–Kier alpha value is -3.82. The minimum atomic E-state index is -0.573. The summed E-state index contributed by atoms with van der Waals surface area (Å²) in [4.78, 5) is 35.5. The standard InChI is InChI=1S/C22H26N2O8/c1-13(25)23-7-6-14-9-19(29-2)21(31-4)11-16(14)18(26)8-15-10-20(30-3)22(32-5)12-17(15)24(27)28/h9-12H,6-8H2,1-5H3,(H,23,25). The molecule has 1 N–H and O–H groups in total. The molecule has 0 bridgehead atoms. The van der Waals surface area contributed by atoms with Crippen molar-refractivity contribution in [3.63, 3.8) is 0 Å². The lowest BCUT2D eigenvalue weighted by Crippen LogP contribution is -2.23. The van der Waals surface area contributed by atoms with E-state index in [9.17, 15) is 19.7 Å². The summed E-state index contributed by atoms with van der Waals surface area (Å²) in [7, 11) is 5.70. The van der Waals surface area contributed by atoms with E-state index in [2.05, 4.69) is 5.32 Å². The quantitative estimate of drug-likeness (QED) is 0.317. The molecule has 2 rings (SSSR count). The predicted molar refractivity (Wildman–Crippen MR) is 116 cm³/mol. The second-order valence-corrected chi connectivity index (χ2v) is 6.79. The Bertz CT molecular complexity index is 1020. The molecule has 2 aromatic rings. The van der Waals surface area contributed by atoms with Gasteiger partial charge in [0.05, 0.1) is 39.4 Å². The summed E-state index contributed by atoms with van der Waals surface area (Å²) in [5.41, 5.74) is 0.859. The molecule has 0 saturated heterocycles. The number of nitrogens with zero attached hydrogens (tertiary/aromatic N) is 1. The third kappa shape index (κ3) is 5.65. The number of hydrogen-bond acceptors (Lipinski definition) is 8. The van der Waals surface area contributed by atoms with E-state index in [4.69, 9.17) is 18.9 Å². The van der Waals surface area contributed by atoms with Gasteiger partial charge in [-0.3, -0.25) is 19.7 Å². The number of ketones is 1. The molecule has 0 saturated carbocycles. The summed E-state index contributed by atoms with van der Waals surface area (Å²) in [6, 6.07) is 5.86. The monoisotopic (exact) mass is 446 g/mol. The van der Waals surface area contributed by atoms with Gasteiger partial charge in [0.25, 0.3) is 5.69 Å². The number of methoxy groups -OCH3 is 4. The Morgan fingerprint density at radius 1 is 0.875 bits per heavy atom. The van der Waals surface area contributed by atoms with Gasteiger partial charge < -0.3 is 24.3 Å². The van der Waals surface area contributed by atoms with Crippen molar-refractivity contribution < 1.29 is 33.5 Å². The average molecular weight is 446 g/mol. The number of amides is 1. The number of Topliss-reactive ketones (excluding diaryl/α,β-unsaturated/α-hetero) is 1. The highest BCUT2D eigenvalue weighted by molar-refractivity contribution is 6.00. The van der Waals surface area contributed by atoms with Crippen molar-refractivity contribution in [1.29, 1.82) is 0 Å². The summed E-state index contributed by atoms with van der Waals surface area (Å²) in [6.45, 7) is 1.71. The normalized spacial score (nSPS) is 10.3. The van der Waals surface area contributed by atoms with E-state index < -0.39 is 4.92 Å². The molecule has 0 heterocycles. The molecule has 10 nitrogen and oxygen atoms in total. The fourth-order valence-electron chi connectivity index (χ4n) is 3.25. The molecule has 0 atom stereocenters. The van der Waals surface area contributed by atoms with Crippen LogP contribution in [0.15, 0.2) is 24.3 Å². The van der Waals surface area contributed by atoms with E-state index in [1.165, 1.54) is 53.6 Å². The van der Waals surface area contributed by atoms with Crippen molar-refractivity contribution in [3.8, 4) is 23.0 Å². The lowest BCUT2D eigenvalue weighted by atomic mass is 9.95. The lowest BCUT2D eigenvalue weighted by molar-refractivity contribution is -0.385. The van der Waals surface area contributed by atoms with Gasteiger partial charge >= 0.3 is 0 Å². The van der Waals surface area contributed by atoms with Crippen LogP contribution in [0.2, 0.25) is 0 Å².